The van der Waals surface area contributed by atoms with Gasteiger partial charge >= 0.3 is 0 Å². The summed E-state index contributed by atoms with van der Waals surface area (Å²) in [6.07, 6.45) is 1.82. The van der Waals surface area contributed by atoms with Crippen LogP contribution in [0.2, 0.25) is 0 Å². The molecule has 22 heavy (non-hydrogen) atoms. The summed E-state index contributed by atoms with van der Waals surface area (Å²) >= 11 is 0. The molecular weight excluding hydrogens is 278 g/mol. The second-order valence-corrected chi connectivity index (χ2v) is 5.95. The van der Waals surface area contributed by atoms with Gasteiger partial charge in [-0.2, -0.15) is 0 Å². The topological polar surface area (TPSA) is 60.5 Å². The number of nitrogens with zero attached hydrogens (tertiary/aromatic N) is 3. The zero-order valence-corrected chi connectivity index (χ0v) is 13.8. The van der Waals surface area contributed by atoms with Crippen molar-refractivity contribution >= 4 is 11.7 Å². The first-order chi connectivity index (χ1) is 10.6. The molecule has 2 heterocycles. The number of hydrogen-bond acceptors (Lipinski definition) is 5. The minimum atomic E-state index is -0.0336. The predicted molar refractivity (Wildman–Crippen MR) is 88.9 cm³/mol. The van der Waals surface area contributed by atoms with E-state index in [1.807, 2.05) is 32.3 Å². The summed E-state index contributed by atoms with van der Waals surface area (Å²) in [4.78, 5) is 21.2. The molecule has 6 heteroatoms. The van der Waals surface area contributed by atoms with Crippen molar-refractivity contribution in [1.29, 1.82) is 0 Å². The highest BCUT2D eigenvalue weighted by Gasteiger charge is 2.18. The molecule has 1 fully saturated rings. The van der Waals surface area contributed by atoms with Gasteiger partial charge in [-0.25, -0.2) is 4.98 Å². The first kappa shape index (κ1) is 16.7. The Kier molecular flexibility index (Phi) is 6.15. The highest BCUT2D eigenvalue weighted by Crippen LogP contribution is 2.18. The third kappa shape index (κ3) is 4.42. The second kappa shape index (κ2) is 8.10. The van der Waals surface area contributed by atoms with Crippen molar-refractivity contribution in [3.05, 3.63) is 23.9 Å². The number of carbonyl (C=O) groups excluding carboxylic acids is 1. The number of pyridine rings is 1. The predicted octanol–water partition coefficient (Wildman–Crippen LogP) is 0.305. The van der Waals surface area contributed by atoms with Crippen molar-refractivity contribution in [2.24, 2.45) is 5.92 Å². The number of aromatic nitrogens is 1. The minimum Gasteiger partial charge on any atom is -0.354 e. The van der Waals surface area contributed by atoms with Gasteiger partial charge in [0, 0.05) is 56.9 Å². The van der Waals surface area contributed by atoms with Crippen molar-refractivity contribution in [1.82, 2.24) is 20.5 Å². The summed E-state index contributed by atoms with van der Waals surface area (Å²) in [5.74, 6) is 1.04. The lowest BCUT2D eigenvalue weighted by molar-refractivity contribution is -0.124. The zero-order valence-electron chi connectivity index (χ0n) is 13.8. The minimum absolute atomic E-state index is 0.0336. The number of hydrogen-bond donors (Lipinski definition) is 2. The fraction of sp³-hybridized carbons (Fsp3) is 0.625. The first-order valence-corrected chi connectivity index (χ1v) is 7.91. The molecule has 0 radical (unpaired) electrons. The number of amides is 1. The Hall–Kier alpha value is -1.66. The normalized spacial score (nSPS) is 17.3. The van der Waals surface area contributed by atoms with Gasteiger partial charge in [-0.15, -0.1) is 0 Å². The number of nitrogens with one attached hydrogen (secondary N) is 2. The van der Waals surface area contributed by atoms with Gasteiger partial charge in [0.15, 0.2) is 0 Å². The molecule has 1 aromatic rings. The summed E-state index contributed by atoms with van der Waals surface area (Å²) < 4.78 is 0. The zero-order chi connectivity index (χ0) is 15.9. The molecule has 1 aliphatic rings. The summed E-state index contributed by atoms with van der Waals surface area (Å²) in [7, 11) is 4.00. The van der Waals surface area contributed by atoms with Crippen molar-refractivity contribution < 1.29 is 4.79 Å². The Labute approximate surface area is 132 Å². The third-order valence-electron chi connectivity index (χ3n) is 4.08. The Morgan fingerprint density at radius 2 is 2.09 bits per heavy atom. The van der Waals surface area contributed by atoms with Crippen LogP contribution in [0.25, 0.3) is 0 Å². The Bertz CT molecular complexity index is 485. The van der Waals surface area contributed by atoms with Crippen LogP contribution in [0.3, 0.4) is 0 Å². The van der Waals surface area contributed by atoms with Crippen LogP contribution in [0.1, 0.15) is 12.5 Å². The maximum atomic E-state index is 12.0. The molecule has 1 amide bonds. The largest absolute Gasteiger partial charge is 0.354 e. The van der Waals surface area contributed by atoms with Crippen LogP contribution in [0.5, 0.6) is 0 Å². The summed E-state index contributed by atoms with van der Waals surface area (Å²) in [5.41, 5.74) is 1.08. The molecule has 0 aromatic carbocycles. The summed E-state index contributed by atoms with van der Waals surface area (Å²) in [6.45, 7) is 7.18. The molecule has 0 spiro atoms. The molecule has 0 saturated carbocycles. The van der Waals surface area contributed by atoms with Gasteiger partial charge in [0.2, 0.25) is 5.91 Å². The van der Waals surface area contributed by atoms with Crippen molar-refractivity contribution in [2.75, 3.05) is 51.7 Å². The number of piperazine rings is 1. The lowest BCUT2D eigenvalue weighted by Gasteiger charge is -2.34. The molecular formula is C16H27N5O. The van der Waals surface area contributed by atoms with Gasteiger partial charge in [-0.1, -0.05) is 13.0 Å². The van der Waals surface area contributed by atoms with E-state index in [4.69, 9.17) is 0 Å². The van der Waals surface area contributed by atoms with E-state index in [-0.39, 0.29) is 11.8 Å². The standard InChI is InChI=1S/C16H27N5O/c1-13(11-17-2)16(22)19-12-14-5-4-6-18-15(14)21-9-7-20(3)8-10-21/h4-6,13,17H,7-12H2,1-3H3,(H,19,22). The van der Waals surface area contributed by atoms with E-state index in [2.05, 4.69) is 32.5 Å². The Morgan fingerprint density at radius 3 is 2.77 bits per heavy atom. The van der Waals surface area contributed by atoms with E-state index in [9.17, 15) is 4.79 Å². The quantitative estimate of drug-likeness (QED) is 0.792. The van der Waals surface area contributed by atoms with Crippen LogP contribution in [0.4, 0.5) is 5.82 Å². The molecule has 1 atom stereocenters. The van der Waals surface area contributed by atoms with Crippen LogP contribution in [-0.4, -0.2) is 62.6 Å². The SMILES string of the molecule is CNCC(C)C(=O)NCc1cccnc1N1CCN(C)CC1. The number of rotatable bonds is 6. The van der Waals surface area contributed by atoms with Crippen molar-refractivity contribution in [3.63, 3.8) is 0 Å². The molecule has 2 rings (SSSR count). The summed E-state index contributed by atoms with van der Waals surface area (Å²) in [5, 5.41) is 6.04. The van der Waals surface area contributed by atoms with E-state index >= 15 is 0 Å². The molecule has 1 saturated heterocycles. The maximum Gasteiger partial charge on any atom is 0.224 e. The first-order valence-electron chi connectivity index (χ1n) is 7.91. The van der Waals surface area contributed by atoms with Gasteiger partial charge in [0.05, 0.1) is 0 Å². The fourth-order valence-electron chi connectivity index (χ4n) is 2.63. The third-order valence-corrected chi connectivity index (χ3v) is 4.08. The Morgan fingerprint density at radius 1 is 1.36 bits per heavy atom. The molecule has 0 aliphatic carbocycles. The number of likely N-dealkylation sites (N-methyl/N-ethyl adjacent to an activating group) is 1. The van der Waals surface area contributed by atoms with E-state index in [0.29, 0.717) is 13.1 Å². The monoisotopic (exact) mass is 305 g/mol. The highest BCUT2D eigenvalue weighted by atomic mass is 16.1. The van der Waals surface area contributed by atoms with E-state index in [1.54, 1.807) is 0 Å². The van der Waals surface area contributed by atoms with Crippen LogP contribution in [0, 0.1) is 5.92 Å². The second-order valence-electron chi connectivity index (χ2n) is 5.95. The van der Waals surface area contributed by atoms with Crippen LogP contribution < -0.4 is 15.5 Å². The van der Waals surface area contributed by atoms with Crippen molar-refractivity contribution in [2.45, 2.75) is 13.5 Å². The fourth-order valence-corrected chi connectivity index (χ4v) is 2.63. The van der Waals surface area contributed by atoms with E-state index in [0.717, 1.165) is 37.6 Å². The molecule has 1 aliphatic heterocycles. The molecule has 1 aromatic heterocycles. The summed E-state index contributed by atoms with van der Waals surface area (Å²) in [6, 6.07) is 3.97. The molecule has 6 nitrogen and oxygen atoms in total. The van der Waals surface area contributed by atoms with Crippen LogP contribution in [-0.2, 0) is 11.3 Å². The van der Waals surface area contributed by atoms with Gasteiger partial charge in [0.25, 0.3) is 0 Å². The average Bonchev–Trinajstić information content (AvgIpc) is 2.54. The maximum absolute atomic E-state index is 12.0. The smallest absolute Gasteiger partial charge is 0.224 e. The van der Waals surface area contributed by atoms with E-state index < -0.39 is 0 Å². The van der Waals surface area contributed by atoms with Crippen molar-refractivity contribution in [3.8, 4) is 0 Å². The molecule has 1 unspecified atom stereocenters. The molecule has 2 N–H and O–H groups in total. The van der Waals surface area contributed by atoms with Gasteiger partial charge in [0.1, 0.15) is 5.82 Å². The van der Waals surface area contributed by atoms with Crippen LogP contribution >= 0.6 is 0 Å². The molecule has 122 valence electrons. The lowest BCUT2D eigenvalue weighted by Crippen LogP contribution is -2.45. The average molecular weight is 305 g/mol. The van der Waals surface area contributed by atoms with Crippen LogP contribution in [0.15, 0.2) is 18.3 Å². The molecule has 0 bridgehead atoms. The Balaban J connectivity index is 1.98. The number of anilines is 1. The highest BCUT2D eigenvalue weighted by molar-refractivity contribution is 5.78. The lowest BCUT2D eigenvalue weighted by atomic mass is 10.1. The van der Waals surface area contributed by atoms with Gasteiger partial charge in [-0.3, -0.25) is 4.79 Å². The van der Waals surface area contributed by atoms with Gasteiger partial charge < -0.3 is 20.4 Å². The number of carbonyl (C=O) groups is 1. The van der Waals surface area contributed by atoms with E-state index in [1.165, 1.54) is 0 Å². The van der Waals surface area contributed by atoms with Gasteiger partial charge in [-0.05, 0) is 20.2 Å².